The van der Waals surface area contributed by atoms with Crippen molar-refractivity contribution in [3.05, 3.63) is 0 Å². The highest BCUT2D eigenvalue weighted by molar-refractivity contribution is 5.73. The SMILES string of the molecule is COC(=O)[C@H]1C[C@H]2CC[C@H]1O2. The van der Waals surface area contributed by atoms with Gasteiger partial charge >= 0.3 is 5.97 Å². The maximum absolute atomic E-state index is 11.1. The summed E-state index contributed by atoms with van der Waals surface area (Å²) in [4.78, 5) is 11.1. The number of ether oxygens (including phenoxy) is 2. The van der Waals surface area contributed by atoms with Crippen LogP contribution in [0.15, 0.2) is 0 Å². The number of esters is 1. The van der Waals surface area contributed by atoms with Gasteiger partial charge in [-0.25, -0.2) is 0 Å². The first-order valence-electron chi connectivity index (χ1n) is 4.04. The molecule has 0 aliphatic carbocycles. The van der Waals surface area contributed by atoms with Crippen molar-refractivity contribution in [2.24, 2.45) is 5.92 Å². The van der Waals surface area contributed by atoms with Crippen molar-refractivity contribution in [2.75, 3.05) is 7.11 Å². The molecule has 0 unspecified atom stereocenters. The van der Waals surface area contributed by atoms with Gasteiger partial charge in [0.15, 0.2) is 0 Å². The van der Waals surface area contributed by atoms with E-state index in [0.29, 0.717) is 6.10 Å². The topological polar surface area (TPSA) is 35.5 Å². The monoisotopic (exact) mass is 156 g/mol. The molecule has 2 aliphatic heterocycles. The number of hydrogen-bond acceptors (Lipinski definition) is 3. The van der Waals surface area contributed by atoms with Gasteiger partial charge in [-0.1, -0.05) is 0 Å². The van der Waals surface area contributed by atoms with Gasteiger partial charge in [0.1, 0.15) is 0 Å². The molecule has 3 nitrogen and oxygen atoms in total. The Labute approximate surface area is 65.7 Å². The van der Waals surface area contributed by atoms with Crippen molar-refractivity contribution in [3.63, 3.8) is 0 Å². The predicted octanol–water partition coefficient (Wildman–Crippen LogP) is 0.727. The number of carbonyl (C=O) groups excluding carboxylic acids is 1. The molecule has 2 aliphatic rings. The zero-order valence-electron chi connectivity index (χ0n) is 6.58. The van der Waals surface area contributed by atoms with Gasteiger partial charge in [-0.3, -0.25) is 4.79 Å². The molecule has 0 aromatic heterocycles. The summed E-state index contributed by atoms with van der Waals surface area (Å²) in [5, 5.41) is 0. The second-order valence-corrected chi connectivity index (χ2v) is 3.24. The highest BCUT2D eigenvalue weighted by Crippen LogP contribution is 2.39. The zero-order chi connectivity index (χ0) is 7.84. The first kappa shape index (κ1) is 7.10. The maximum atomic E-state index is 11.1. The third-order valence-electron chi connectivity index (χ3n) is 2.61. The molecule has 0 aromatic carbocycles. The van der Waals surface area contributed by atoms with Gasteiger partial charge in [0.25, 0.3) is 0 Å². The van der Waals surface area contributed by atoms with Crippen LogP contribution in [0.1, 0.15) is 19.3 Å². The molecule has 0 N–H and O–H groups in total. The first-order valence-corrected chi connectivity index (χ1v) is 4.04. The molecule has 3 atom stereocenters. The third-order valence-corrected chi connectivity index (χ3v) is 2.61. The molecule has 0 amide bonds. The van der Waals surface area contributed by atoms with Gasteiger partial charge in [0, 0.05) is 0 Å². The van der Waals surface area contributed by atoms with Crippen molar-refractivity contribution in [1.29, 1.82) is 0 Å². The van der Waals surface area contributed by atoms with Crippen molar-refractivity contribution >= 4 is 5.97 Å². The summed E-state index contributed by atoms with van der Waals surface area (Å²) in [6.45, 7) is 0. The summed E-state index contributed by atoms with van der Waals surface area (Å²) in [6, 6.07) is 0. The van der Waals surface area contributed by atoms with Crippen LogP contribution in [-0.2, 0) is 14.3 Å². The predicted molar refractivity (Wildman–Crippen MR) is 38.0 cm³/mol. The van der Waals surface area contributed by atoms with Crippen LogP contribution in [-0.4, -0.2) is 25.3 Å². The summed E-state index contributed by atoms with van der Waals surface area (Å²) in [7, 11) is 1.44. The fourth-order valence-corrected chi connectivity index (χ4v) is 2.04. The van der Waals surface area contributed by atoms with E-state index in [1.165, 1.54) is 7.11 Å². The summed E-state index contributed by atoms with van der Waals surface area (Å²) in [5.74, 6) is -0.0732. The number of methoxy groups -OCH3 is 1. The highest BCUT2D eigenvalue weighted by atomic mass is 16.5. The van der Waals surface area contributed by atoms with Crippen molar-refractivity contribution < 1.29 is 14.3 Å². The Morgan fingerprint density at radius 3 is 2.82 bits per heavy atom. The van der Waals surface area contributed by atoms with E-state index >= 15 is 0 Å². The van der Waals surface area contributed by atoms with Crippen LogP contribution in [0.25, 0.3) is 0 Å². The lowest BCUT2D eigenvalue weighted by molar-refractivity contribution is -0.147. The molecule has 0 aromatic rings. The van der Waals surface area contributed by atoms with E-state index in [0.717, 1.165) is 19.3 Å². The molecule has 0 radical (unpaired) electrons. The highest BCUT2D eigenvalue weighted by Gasteiger charge is 2.44. The Hall–Kier alpha value is -0.570. The van der Waals surface area contributed by atoms with Crippen LogP contribution in [0.5, 0.6) is 0 Å². The number of fused-ring (bicyclic) bond motifs is 2. The van der Waals surface area contributed by atoms with Crippen molar-refractivity contribution in [2.45, 2.75) is 31.5 Å². The number of hydrogen-bond donors (Lipinski definition) is 0. The van der Waals surface area contributed by atoms with E-state index in [9.17, 15) is 4.79 Å². The fraction of sp³-hybridized carbons (Fsp3) is 0.875. The zero-order valence-corrected chi connectivity index (χ0v) is 6.58. The Morgan fingerprint density at radius 1 is 1.55 bits per heavy atom. The van der Waals surface area contributed by atoms with Crippen molar-refractivity contribution in [1.82, 2.24) is 0 Å². The average Bonchev–Trinajstić information content (AvgIpc) is 2.62. The standard InChI is InChI=1S/C8H12O3/c1-10-8(9)6-4-5-2-3-7(6)11-5/h5-7H,2-4H2,1H3/t5-,6+,7-/m1/s1. The van der Waals surface area contributed by atoms with E-state index in [1.54, 1.807) is 0 Å². The fourth-order valence-electron chi connectivity index (χ4n) is 2.04. The van der Waals surface area contributed by atoms with Crippen LogP contribution in [0.2, 0.25) is 0 Å². The smallest absolute Gasteiger partial charge is 0.311 e. The summed E-state index contributed by atoms with van der Waals surface area (Å²) in [6.07, 6.45) is 3.52. The molecular formula is C8H12O3. The van der Waals surface area contributed by atoms with Crippen LogP contribution in [0.4, 0.5) is 0 Å². The molecule has 3 heteroatoms. The van der Waals surface area contributed by atoms with Crippen LogP contribution >= 0.6 is 0 Å². The second-order valence-electron chi connectivity index (χ2n) is 3.24. The molecule has 11 heavy (non-hydrogen) atoms. The molecule has 2 rings (SSSR count). The molecular weight excluding hydrogens is 144 g/mol. The number of rotatable bonds is 1. The van der Waals surface area contributed by atoms with Crippen LogP contribution < -0.4 is 0 Å². The average molecular weight is 156 g/mol. The first-order chi connectivity index (χ1) is 5.31. The van der Waals surface area contributed by atoms with E-state index in [2.05, 4.69) is 4.74 Å². The minimum atomic E-state index is -0.0998. The van der Waals surface area contributed by atoms with E-state index in [1.807, 2.05) is 0 Å². The molecule has 2 bridgehead atoms. The molecule has 0 saturated carbocycles. The van der Waals surface area contributed by atoms with Gasteiger partial charge < -0.3 is 9.47 Å². The lowest BCUT2D eigenvalue weighted by Crippen LogP contribution is -2.26. The molecule has 2 heterocycles. The lowest BCUT2D eigenvalue weighted by atomic mass is 9.89. The molecule has 62 valence electrons. The Bertz CT molecular complexity index is 178. The van der Waals surface area contributed by atoms with E-state index in [-0.39, 0.29) is 18.0 Å². The molecule has 2 fully saturated rings. The largest absolute Gasteiger partial charge is 0.469 e. The Balaban J connectivity index is 2.02. The third kappa shape index (κ3) is 1.03. The molecule has 0 spiro atoms. The Morgan fingerprint density at radius 2 is 2.36 bits per heavy atom. The maximum Gasteiger partial charge on any atom is 0.311 e. The Kier molecular flexibility index (Phi) is 1.60. The van der Waals surface area contributed by atoms with Crippen molar-refractivity contribution in [3.8, 4) is 0 Å². The minimum Gasteiger partial charge on any atom is -0.469 e. The van der Waals surface area contributed by atoms with Gasteiger partial charge in [-0.15, -0.1) is 0 Å². The van der Waals surface area contributed by atoms with Crippen LogP contribution in [0, 0.1) is 5.92 Å². The lowest BCUT2D eigenvalue weighted by Gasteiger charge is -2.14. The molecule has 2 saturated heterocycles. The van der Waals surface area contributed by atoms with E-state index < -0.39 is 0 Å². The number of carbonyl (C=O) groups is 1. The van der Waals surface area contributed by atoms with Gasteiger partial charge in [0.2, 0.25) is 0 Å². The quantitative estimate of drug-likeness (QED) is 0.525. The van der Waals surface area contributed by atoms with Gasteiger partial charge in [-0.05, 0) is 19.3 Å². The van der Waals surface area contributed by atoms with Crippen LogP contribution in [0.3, 0.4) is 0 Å². The summed E-state index contributed by atoms with van der Waals surface area (Å²) < 4.78 is 10.2. The van der Waals surface area contributed by atoms with E-state index in [4.69, 9.17) is 4.74 Å². The normalized spacial score (nSPS) is 41.0. The summed E-state index contributed by atoms with van der Waals surface area (Å²) in [5.41, 5.74) is 0. The summed E-state index contributed by atoms with van der Waals surface area (Å²) >= 11 is 0. The van der Waals surface area contributed by atoms with Gasteiger partial charge in [-0.2, -0.15) is 0 Å². The minimum absolute atomic E-state index is 0.0266. The van der Waals surface area contributed by atoms with Gasteiger partial charge in [0.05, 0.1) is 25.2 Å². The second kappa shape index (κ2) is 2.48.